The quantitative estimate of drug-likeness (QED) is 0.363. The van der Waals surface area contributed by atoms with Crippen LogP contribution in [0.25, 0.3) is 21.2 Å². The fraction of sp³-hybridized carbons (Fsp3) is 0.0417. The average Bonchev–Trinajstić information content (AvgIpc) is 3.32. The molecule has 6 rings (SSSR count). The predicted octanol–water partition coefficient (Wildman–Crippen LogP) is 5.43. The van der Waals surface area contributed by atoms with E-state index in [0.717, 1.165) is 11.3 Å². The summed E-state index contributed by atoms with van der Waals surface area (Å²) in [7, 11) is 0. The molecular weight excluding hydrogens is 434 g/mol. The third-order valence-electron chi connectivity index (χ3n) is 5.52. The second-order valence-electron chi connectivity index (χ2n) is 7.38. The summed E-state index contributed by atoms with van der Waals surface area (Å²) in [5.74, 6) is -1.75. The third kappa shape index (κ3) is 2.63. The Balaban J connectivity index is 1.66. The van der Waals surface area contributed by atoms with Gasteiger partial charge in [-0.25, -0.2) is 13.8 Å². The van der Waals surface area contributed by atoms with Gasteiger partial charge < -0.3 is 4.42 Å². The second-order valence-corrected chi connectivity index (χ2v) is 8.39. The second kappa shape index (κ2) is 6.80. The van der Waals surface area contributed by atoms with Crippen molar-refractivity contribution in [1.82, 2.24) is 4.98 Å². The molecule has 5 nitrogen and oxygen atoms in total. The van der Waals surface area contributed by atoms with Crippen LogP contribution in [0.15, 0.2) is 75.9 Å². The molecular formula is C24H12F2N2O3S. The third-order valence-corrected chi connectivity index (χ3v) is 6.54. The molecule has 0 saturated carbocycles. The first-order chi connectivity index (χ1) is 15.5. The summed E-state index contributed by atoms with van der Waals surface area (Å²) in [4.78, 5) is 32.6. The normalized spacial score (nSPS) is 15.6. The molecule has 8 heteroatoms. The maximum atomic E-state index is 14.9. The zero-order valence-electron chi connectivity index (χ0n) is 16.2. The largest absolute Gasteiger partial charge is 0.450 e. The number of aromatic nitrogens is 1. The maximum Gasteiger partial charge on any atom is 0.297 e. The van der Waals surface area contributed by atoms with Gasteiger partial charge in [-0.2, -0.15) is 0 Å². The lowest BCUT2D eigenvalue weighted by atomic mass is 9.98. The van der Waals surface area contributed by atoms with Crippen molar-refractivity contribution in [3.63, 3.8) is 0 Å². The van der Waals surface area contributed by atoms with Gasteiger partial charge in [-0.05, 0) is 36.4 Å². The fourth-order valence-corrected chi connectivity index (χ4v) is 5.11. The molecule has 3 heterocycles. The number of rotatable bonds is 2. The van der Waals surface area contributed by atoms with E-state index in [1.165, 1.54) is 41.3 Å². The van der Waals surface area contributed by atoms with Crippen LogP contribution in [0.1, 0.15) is 27.7 Å². The van der Waals surface area contributed by atoms with Gasteiger partial charge in [-0.1, -0.05) is 41.7 Å². The monoisotopic (exact) mass is 446 g/mol. The van der Waals surface area contributed by atoms with Crippen LogP contribution < -0.4 is 10.3 Å². The number of carbonyl (C=O) groups is 1. The number of anilines is 1. The number of carbonyl (C=O) groups excluding carboxylic acids is 1. The zero-order chi connectivity index (χ0) is 22.0. The summed E-state index contributed by atoms with van der Waals surface area (Å²) >= 11 is 1.09. The summed E-state index contributed by atoms with van der Waals surface area (Å²) in [6.07, 6.45) is 0. The van der Waals surface area contributed by atoms with Gasteiger partial charge in [0.2, 0.25) is 5.76 Å². The molecule has 1 atom stereocenters. The van der Waals surface area contributed by atoms with Crippen LogP contribution in [0.4, 0.5) is 13.9 Å². The molecule has 1 aliphatic rings. The van der Waals surface area contributed by atoms with Crippen LogP contribution in [0.5, 0.6) is 0 Å². The van der Waals surface area contributed by atoms with Crippen LogP contribution in [0.2, 0.25) is 0 Å². The molecule has 2 aromatic heterocycles. The number of hydrogen-bond donors (Lipinski definition) is 0. The molecule has 0 aliphatic carbocycles. The lowest BCUT2D eigenvalue weighted by Crippen LogP contribution is -2.30. The number of para-hydroxylation sites is 1. The highest BCUT2D eigenvalue weighted by Crippen LogP contribution is 2.44. The highest BCUT2D eigenvalue weighted by Gasteiger charge is 2.45. The van der Waals surface area contributed by atoms with E-state index in [0.29, 0.717) is 15.6 Å². The van der Waals surface area contributed by atoms with Crippen molar-refractivity contribution < 1.29 is 18.0 Å². The molecule has 1 amide bonds. The van der Waals surface area contributed by atoms with Gasteiger partial charge in [0.1, 0.15) is 23.3 Å². The molecule has 0 spiro atoms. The van der Waals surface area contributed by atoms with Gasteiger partial charge in [0, 0.05) is 5.56 Å². The molecule has 0 N–H and O–H groups in total. The van der Waals surface area contributed by atoms with Gasteiger partial charge in [-0.3, -0.25) is 14.5 Å². The molecule has 0 fully saturated rings. The Morgan fingerprint density at radius 3 is 2.59 bits per heavy atom. The first-order valence-corrected chi connectivity index (χ1v) is 10.5. The van der Waals surface area contributed by atoms with Crippen molar-refractivity contribution in [2.24, 2.45) is 0 Å². The number of nitrogens with zero attached hydrogens (tertiary/aromatic N) is 2. The molecule has 0 bridgehead atoms. The van der Waals surface area contributed by atoms with E-state index in [-0.39, 0.29) is 27.6 Å². The number of benzene rings is 3. The zero-order valence-corrected chi connectivity index (χ0v) is 17.0. The van der Waals surface area contributed by atoms with Gasteiger partial charge in [0.25, 0.3) is 5.91 Å². The van der Waals surface area contributed by atoms with E-state index >= 15 is 0 Å². The van der Waals surface area contributed by atoms with Crippen molar-refractivity contribution in [3.05, 3.63) is 105 Å². The average molecular weight is 446 g/mol. The van der Waals surface area contributed by atoms with Crippen LogP contribution in [0.3, 0.4) is 0 Å². The number of fused-ring (bicyclic) bond motifs is 3. The Hall–Kier alpha value is -3.91. The van der Waals surface area contributed by atoms with E-state index in [1.807, 2.05) is 0 Å². The van der Waals surface area contributed by atoms with Crippen LogP contribution in [-0.4, -0.2) is 10.9 Å². The predicted molar refractivity (Wildman–Crippen MR) is 117 cm³/mol. The molecule has 1 aliphatic heterocycles. The topological polar surface area (TPSA) is 63.4 Å². The van der Waals surface area contributed by atoms with E-state index in [9.17, 15) is 18.4 Å². The fourth-order valence-electron chi connectivity index (χ4n) is 4.10. The summed E-state index contributed by atoms with van der Waals surface area (Å²) < 4.78 is 35.0. The van der Waals surface area contributed by atoms with Gasteiger partial charge >= 0.3 is 0 Å². The Kier molecular flexibility index (Phi) is 4.00. The lowest BCUT2D eigenvalue weighted by Gasteiger charge is -2.22. The van der Waals surface area contributed by atoms with Crippen molar-refractivity contribution in [3.8, 4) is 0 Å². The Morgan fingerprint density at radius 1 is 0.969 bits per heavy atom. The highest BCUT2D eigenvalue weighted by atomic mass is 32.1. The van der Waals surface area contributed by atoms with E-state index < -0.39 is 29.0 Å². The van der Waals surface area contributed by atoms with Gasteiger partial charge in [0.05, 0.1) is 21.2 Å². The minimum Gasteiger partial charge on any atom is -0.450 e. The molecule has 5 aromatic rings. The first kappa shape index (κ1) is 18.8. The number of thiazole rings is 1. The summed E-state index contributed by atoms with van der Waals surface area (Å²) in [5.41, 5.74) is 0.562. The number of halogens is 2. The van der Waals surface area contributed by atoms with Crippen LogP contribution >= 0.6 is 11.3 Å². The summed E-state index contributed by atoms with van der Waals surface area (Å²) in [6, 6.07) is 15.6. The van der Waals surface area contributed by atoms with Crippen molar-refractivity contribution in [2.75, 3.05) is 4.90 Å². The molecule has 1 unspecified atom stereocenters. The molecule has 0 saturated heterocycles. The van der Waals surface area contributed by atoms with Crippen molar-refractivity contribution >= 4 is 43.6 Å². The lowest BCUT2D eigenvalue weighted by molar-refractivity contribution is 0.0971. The van der Waals surface area contributed by atoms with E-state index in [2.05, 4.69) is 4.98 Å². The van der Waals surface area contributed by atoms with Gasteiger partial charge in [0.15, 0.2) is 10.6 Å². The molecule has 156 valence electrons. The summed E-state index contributed by atoms with van der Waals surface area (Å²) in [5, 5.41) is 0.521. The summed E-state index contributed by atoms with van der Waals surface area (Å²) in [6.45, 7) is 0. The molecule has 0 radical (unpaired) electrons. The smallest absolute Gasteiger partial charge is 0.297 e. The number of amides is 1. The van der Waals surface area contributed by atoms with Crippen molar-refractivity contribution in [2.45, 2.75) is 6.04 Å². The Bertz CT molecular complexity index is 1630. The van der Waals surface area contributed by atoms with Crippen LogP contribution in [0, 0.1) is 11.6 Å². The van der Waals surface area contributed by atoms with E-state index in [4.69, 9.17) is 4.42 Å². The maximum absolute atomic E-state index is 14.9. The Labute approximate surface area is 183 Å². The minimum absolute atomic E-state index is 0.0595. The van der Waals surface area contributed by atoms with Gasteiger partial charge in [-0.15, -0.1) is 0 Å². The molecule has 3 aromatic carbocycles. The number of hydrogen-bond acceptors (Lipinski definition) is 5. The minimum atomic E-state index is -1.06. The standard InChI is InChI=1S/C24H12F2N2O3S/c25-12-9-10-16-18(11-12)32-24(27-16)28-20(13-5-1-3-7-15(13)26)19-21(29)14-6-2-4-8-17(14)31-22(19)23(28)30/h1-11,20H. The van der Waals surface area contributed by atoms with Crippen LogP contribution in [-0.2, 0) is 0 Å². The van der Waals surface area contributed by atoms with E-state index in [1.54, 1.807) is 30.3 Å². The first-order valence-electron chi connectivity index (χ1n) is 9.73. The SMILES string of the molecule is O=C1c2oc3ccccc3c(=O)c2C(c2ccccc2F)N1c1nc2ccc(F)cc2s1. The Morgan fingerprint density at radius 2 is 1.75 bits per heavy atom. The molecule has 32 heavy (non-hydrogen) atoms. The van der Waals surface area contributed by atoms with Crippen molar-refractivity contribution in [1.29, 1.82) is 0 Å². The highest BCUT2D eigenvalue weighted by molar-refractivity contribution is 7.22.